The van der Waals surface area contributed by atoms with Crippen LogP contribution in [-0.4, -0.2) is 16.0 Å². The van der Waals surface area contributed by atoms with E-state index in [1.165, 1.54) is 11.3 Å². The van der Waals surface area contributed by atoms with Gasteiger partial charge in [0.25, 0.3) is 0 Å². The van der Waals surface area contributed by atoms with E-state index < -0.39 is 0 Å². The van der Waals surface area contributed by atoms with Gasteiger partial charge in [-0.05, 0) is 17.7 Å². The Morgan fingerprint density at radius 1 is 1.00 bits per heavy atom. The Bertz CT molecular complexity index is 677. The predicted octanol–water partition coefficient (Wildman–Crippen LogP) is 3.45. The van der Waals surface area contributed by atoms with Gasteiger partial charge in [0, 0.05) is 17.8 Å². The molecule has 1 atom stereocenters. The number of pyridine rings is 1. The second-order valence-electron chi connectivity index (χ2n) is 4.53. The van der Waals surface area contributed by atoms with Gasteiger partial charge in [-0.25, -0.2) is 9.78 Å². The van der Waals surface area contributed by atoms with Crippen LogP contribution in [0.1, 0.15) is 17.3 Å². The molecule has 2 aromatic heterocycles. The number of hydrogen-bond acceptors (Lipinski definition) is 4. The quantitative estimate of drug-likeness (QED) is 0.775. The van der Waals surface area contributed by atoms with Crippen molar-refractivity contribution < 1.29 is 4.79 Å². The zero-order valence-corrected chi connectivity index (χ0v) is 12.5. The lowest BCUT2D eigenvalue weighted by atomic mass is 10.0. The predicted molar refractivity (Wildman–Crippen MR) is 86.8 cm³/mol. The first-order valence-corrected chi connectivity index (χ1v) is 7.64. The molecule has 0 aliphatic heterocycles. The lowest BCUT2D eigenvalue weighted by Crippen LogP contribution is -2.33. The van der Waals surface area contributed by atoms with Gasteiger partial charge in [0.1, 0.15) is 0 Å². The molecule has 6 heteroatoms. The Labute approximate surface area is 132 Å². The summed E-state index contributed by atoms with van der Waals surface area (Å²) in [5.41, 5.74) is 1.75. The number of nitrogens with zero attached hydrogens (tertiary/aromatic N) is 2. The van der Waals surface area contributed by atoms with Crippen molar-refractivity contribution in [3.05, 3.63) is 77.6 Å². The number of urea groups is 1. The SMILES string of the molecule is O=C(Nc1nccs1)NC(c1ccccc1)c1ccccn1. The number of anilines is 1. The van der Waals surface area contributed by atoms with E-state index in [2.05, 4.69) is 20.6 Å². The molecule has 0 aliphatic carbocycles. The number of hydrogen-bond donors (Lipinski definition) is 2. The van der Waals surface area contributed by atoms with E-state index in [0.717, 1.165) is 11.3 Å². The summed E-state index contributed by atoms with van der Waals surface area (Å²) < 4.78 is 0. The smallest absolute Gasteiger partial charge is 0.321 e. The monoisotopic (exact) mass is 310 g/mol. The molecule has 5 nitrogen and oxygen atoms in total. The minimum Gasteiger partial charge on any atom is -0.325 e. The van der Waals surface area contributed by atoms with Gasteiger partial charge in [0.15, 0.2) is 5.13 Å². The van der Waals surface area contributed by atoms with E-state index in [-0.39, 0.29) is 12.1 Å². The molecule has 0 saturated carbocycles. The minimum absolute atomic E-state index is 0.311. The van der Waals surface area contributed by atoms with Gasteiger partial charge < -0.3 is 5.32 Å². The number of aromatic nitrogens is 2. The third-order valence-corrected chi connectivity index (χ3v) is 3.73. The van der Waals surface area contributed by atoms with Crippen LogP contribution in [0, 0.1) is 0 Å². The van der Waals surface area contributed by atoms with Crippen LogP contribution in [0.15, 0.2) is 66.3 Å². The lowest BCUT2D eigenvalue weighted by Gasteiger charge is -2.18. The molecule has 22 heavy (non-hydrogen) atoms. The summed E-state index contributed by atoms with van der Waals surface area (Å²) in [5, 5.41) is 8.03. The highest BCUT2D eigenvalue weighted by molar-refractivity contribution is 7.13. The van der Waals surface area contributed by atoms with Gasteiger partial charge >= 0.3 is 6.03 Å². The van der Waals surface area contributed by atoms with Crippen LogP contribution in [-0.2, 0) is 0 Å². The van der Waals surface area contributed by atoms with Crippen LogP contribution in [0.3, 0.4) is 0 Å². The summed E-state index contributed by atoms with van der Waals surface area (Å²) in [5.74, 6) is 0. The molecule has 0 aliphatic rings. The fraction of sp³-hybridized carbons (Fsp3) is 0.0625. The van der Waals surface area contributed by atoms with Crippen molar-refractivity contribution in [2.24, 2.45) is 0 Å². The summed E-state index contributed by atoms with van der Waals surface area (Å²) in [6.07, 6.45) is 3.36. The Balaban J connectivity index is 1.81. The maximum absolute atomic E-state index is 12.2. The first-order chi connectivity index (χ1) is 10.8. The molecular weight excluding hydrogens is 296 g/mol. The van der Waals surface area contributed by atoms with Crippen LogP contribution in [0.2, 0.25) is 0 Å². The van der Waals surface area contributed by atoms with Crippen molar-refractivity contribution in [3.63, 3.8) is 0 Å². The van der Waals surface area contributed by atoms with Crippen molar-refractivity contribution in [2.45, 2.75) is 6.04 Å². The number of thiazole rings is 1. The molecule has 1 unspecified atom stereocenters. The minimum atomic E-state index is -0.317. The average molecular weight is 310 g/mol. The normalized spacial score (nSPS) is 11.6. The number of amides is 2. The van der Waals surface area contributed by atoms with Crippen molar-refractivity contribution in [1.29, 1.82) is 0 Å². The molecule has 2 N–H and O–H groups in total. The molecule has 0 saturated heterocycles. The molecule has 0 spiro atoms. The van der Waals surface area contributed by atoms with Crippen molar-refractivity contribution >= 4 is 22.5 Å². The van der Waals surface area contributed by atoms with Gasteiger partial charge in [-0.3, -0.25) is 10.3 Å². The molecule has 0 radical (unpaired) electrons. The fourth-order valence-electron chi connectivity index (χ4n) is 2.07. The van der Waals surface area contributed by atoms with E-state index in [0.29, 0.717) is 5.13 Å². The molecule has 0 fully saturated rings. The van der Waals surface area contributed by atoms with Crippen LogP contribution in [0.5, 0.6) is 0 Å². The maximum atomic E-state index is 12.2. The standard InChI is InChI=1S/C16H14N4OS/c21-15(20-16-18-10-11-22-16)19-14(12-6-2-1-3-7-12)13-8-4-5-9-17-13/h1-11,14H,(H2,18,19,20,21). The summed E-state index contributed by atoms with van der Waals surface area (Å²) in [7, 11) is 0. The van der Waals surface area contributed by atoms with Gasteiger partial charge in [-0.15, -0.1) is 11.3 Å². The lowest BCUT2D eigenvalue weighted by molar-refractivity contribution is 0.250. The second kappa shape index (κ2) is 6.82. The van der Waals surface area contributed by atoms with Gasteiger partial charge in [0.2, 0.25) is 0 Å². The Kier molecular flexibility index (Phi) is 4.41. The highest BCUT2D eigenvalue weighted by Crippen LogP contribution is 2.20. The zero-order chi connectivity index (χ0) is 15.2. The summed E-state index contributed by atoms with van der Waals surface area (Å²) in [6.45, 7) is 0. The molecule has 3 aromatic rings. The number of carbonyl (C=O) groups excluding carboxylic acids is 1. The first-order valence-electron chi connectivity index (χ1n) is 6.76. The topological polar surface area (TPSA) is 66.9 Å². The van der Waals surface area contributed by atoms with E-state index >= 15 is 0 Å². The number of rotatable bonds is 4. The van der Waals surface area contributed by atoms with Gasteiger partial charge in [-0.2, -0.15) is 0 Å². The number of carbonyl (C=O) groups is 1. The average Bonchev–Trinajstić information content (AvgIpc) is 3.07. The van der Waals surface area contributed by atoms with Crippen molar-refractivity contribution in [1.82, 2.24) is 15.3 Å². The summed E-state index contributed by atoms with van der Waals surface area (Å²) in [6, 6.07) is 14.7. The molecular formula is C16H14N4OS. The summed E-state index contributed by atoms with van der Waals surface area (Å²) in [4.78, 5) is 20.6. The molecule has 0 bridgehead atoms. The fourth-order valence-corrected chi connectivity index (χ4v) is 2.59. The van der Waals surface area contributed by atoms with Crippen LogP contribution in [0.25, 0.3) is 0 Å². The Hall–Kier alpha value is -2.73. The second-order valence-corrected chi connectivity index (χ2v) is 5.43. The van der Waals surface area contributed by atoms with Crippen LogP contribution < -0.4 is 10.6 Å². The van der Waals surface area contributed by atoms with Crippen LogP contribution in [0.4, 0.5) is 9.93 Å². The maximum Gasteiger partial charge on any atom is 0.321 e. The molecule has 110 valence electrons. The van der Waals surface area contributed by atoms with E-state index in [1.54, 1.807) is 12.4 Å². The highest BCUT2D eigenvalue weighted by atomic mass is 32.1. The highest BCUT2D eigenvalue weighted by Gasteiger charge is 2.18. The Morgan fingerprint density at radius 2 is 1.82 bits per heavy atom. The van der Waals surface area contributed by atoms with Gasteiger partial charge in [0.05, 0.1) is 11.7 Å². The van der Waals surface area contributed by atoms with Crippen LogP contribution >= 0.6 is 11.3 Å². The van der Waals surface area contributed by atoms with E-state index in [9.17, 15) is 4.79 Å². The third-order valence-electron chi connectivity index (χ3n) is 3.04. The summed E-state index contributed by atoms with van der Waals surface area (Å²) >= 11 is 1.37. The first kappa shape index (κ1) is 14.2. The number of nitrogens with one attached hydrogen (secondary N) is 2. The van der Waals surface area contributed by atoms with Crippen molar-refractivity contribution in [3.8, 4) is 0 Å². The third kappa shape index (κ3) is 3.48. The number of benzene rings is 1. The van der Waals surface area contributed by atoms with Gasteiger partial charge in [-0.1, -0.05) is 36.4 Å². The van der Waals surface area contributed by atoms with Crippen molar-refractivity contribution in [2.75, 3.05) is 5.32 Å². The Morgan fingerprint density at radius 3 is 2.50 bits per heavy atom. The molecule has 1 aromatic carbocycles. The molecule has 2 heterocycles. The molecule has 3 rings (SSSR count). The zero-order valence-electron chi connectivity index (χ0n) is 11.6. The van der Waals surface area contributed by atoms with E-state index in [4.69, 9.17) is 0 Å². The largest absolute Gasteiger partial charge is 0.325 e. The molecule has 2 amide bonds. The van der Waals surface area contributed by atoms with E-state index in [1.807, 2.05) is 53.9 Å².